The second-order valence-corrected chi connectivity index (χ2v) is 6.07. The lowest BCUT2D eigenvalue weighted by Gasteiger charge is -2.38. The molecule has 0 bridgehead atoms. The normalized spacial score (nSPS) is 45.6. The van der Waals surface area contributed by atoms with Gasteiger partial charge in [0.1, 0.15) is 0 Å². The van der Waals surface area contributed by atoms with Crippen LogP contribution in [0.4, 0.5) is 0 Å². The van der Waals surface area contributed by atoms with E-state index in [1.807, 2.05) is 0 Å². The summed E-state index contributed by atoms with van der Waals surface area (Å²) in [4.78, 5) is 0. The molecule has 16 heavy (non-hydrogen) atoms. The van der Waals surface area contributed by atoms with Crippen molar-refractivity contribution in [2.24, 2.45) is 11.8 Å². The first-order valence-electron chi connectivity index (χ1n) is 7.02. The summed E-state index contributed by atoms with van der Waals surface area (Å²) in [5.74, 6) is 1.76. The maximum Gasteiger partial charge on any atom is 0.0561 e. The van der Waals surface area contributed by atoms with Gasteiger partial charge in [-0.3, -0.25) is 0 Å². The first kappa shape index (κ1) is 12.4. The number of hydrogen-bond donors (Lipinski definition) is 1. The highest BCUT2D eigenvalue weighted by Crippen LogP contribution is 2.29. The highest BCUT2D eigenvalue weighted by Gasteiger charge is 2.28. The zero-order valence-electron chi connectivity index (χ0n) is 11.0. The third-order valence-electron chi connectivity index (χ3n) is 4.39. The molecular formula is C14H27NO. The Morgan fingerprint density at radius 1 is 1.00 bits per heavy atom. The average molecular weight is 225 g/mol. The lowest BCUT2D eigenvalue weighted by Crippen LogP contribution is -2.48. The quantitative estimate of drug-likeness (QED) is 0.780. The maximum absolute atomic E-state index is 5.61. The fourth-order valence-corrected chi connectivity index (χ4v) is 3.22. The van der Waals surface area contributed by atoms with Crippen LogP contribution in [0, 0.1) is 11.8 Å². The van der Waals surface area contributed by atoms with Crippen LogP contribution in [0.3, 0.4) is 0 Å². The van der Waals surface area contributed by atoms with Crippen molar-refractivity contribution in [1.82, 2.24) is 5.32 Å². The molecule has 1 heterocycles. The Hall–Kier alpha value is -0.0800. The largest absolute Gasteiger partial charge is 0.378 e. The molecule has 1 aliphatic heterocycles. The summed E-state index contributed by atoms with van der Waals surface area (Å²) in [5, 5.41) is 3.89. The van der Waals surface area contributed by atoms with Gasteiger partial charge in [0.15, 0.2) is 0 Å². The van der Waals surface area contributed by atoms with Gasteiger partial charge in [0.05, 0.1) is 6.10 Å². The highest BCUT2D eigenvalue weighted by molar-refractivity contribution is 4.85. The van der Waals surface area contributed by atoms with Crippen LogP contribution in [0.2, 0.25) is 0 Å². The van der Waals surface area contributed by atoms with E-state index in [1.165, 1.54) is 32.1 Å². The molecule has 2 aliphatic rings. The van der Waals surface area contributed by atoms with Gasteiger partial charge in [-0.05, 0) is 44.4 Å². The van der Waals surface area contributed by atoms with Crippen LogP contribution in [0.15, 0.2) is 0 Å². The Kier molecular flexibility index (Phi) is 4.26. The zero-order valence-corrected chi connectivity index (χ0v) is 11.0. The van der Waals surface area contributed by atoms with Crippen molar-refractivity contribution in [3.05, 3.63) is 0 Å². The van der Waals surface area contributed by atoms with Gasteiger partial charge in [-0.2, -0.15) is 0 Å². The minimum absolute atomic E-state index is 0.447. The third kappa shape index (κ3) is 3.21. The van der Waals surface area contributed by atoms with Crippen molar-refractivity contribution in [2.45, 2.75) is 71.1 Å². The number of nitrogens with one attached hydrogen (secondary N) is 1. The molecule has 1 aliphatic carbocycles. The summed E-state index contributed by atoms with van der Waals surface area (Å²) in [6, 6.07) is 1.44. The fourth-order valence-electron chi connectivity index (χ4n) is 3.22. The monoisotopic (exact) mass is 225 g/mol. The summed E-state index contributed by atoms with van der Waals surface area (Å²) >= 11 is 0. The van der Waals surface area contributed by atoms with Crippen molar-refractivity contribution < 1.29 is 4.74 Å². The first-order chi connectivity index (χ1) is 7.65. The average Bonchev–Trinajstić information content (AvgIpc) is 2.24. The second-order valence-electron chi connectivity index (χ2n) is 6.07. The summed E-state index contributed by atoms with van der Waals surface area (Å²) in [5.41, 5.74) is 0. The predicted molar refractivity (Wildman–Crippen MR) is 67.5 cm³/mol. The fraction of sp³-hybridized carbons (Fsp3) is 1.00. The third-order valence-corrected chi connectivity index (χ3v) is 4.39. The molecule has 2 fully saturated rings. The van der Waals surface area contributed by atoms with Gasteiger partial charge in [0, 0.05) is 18.7 Å². The number of hydrogen-bond acceptors (Lipinski definition) is 2. The minimum Gasteiger partial charge on any atom is -0.378 e. The molecular weight excluding hydrogens is 198 g/mol. The van der Waals surface area contributed by atoms with E-state index < -0.39 is 0 Å². The Bertz CT molecular complexity index is 219. The summed E-state index contributed by atoms with van der Waals surface area (Å²) in [6.45, 7) is 7.94. The molecule has 2 heteroatoms. The Morgan fingerprint density at radius 2 is 1.81 bits per heavy atom. The molecule has 0 radical (unpaired) electrons. The SMILES string of the molecule is CC1CCC(C)C(NC2CCOC(C)C2)C1. The van der Waals surface area contributed by atoms with Gasteiger partial charge in [0.2, 0.25) is 0 Å². The van der Waals surface area contributed by atoms with E-state index in [0.29, 0.717) is 12.1 Å². The molecule has 1 saturated carbocycles. The van der Waals surface area contributed by atoms with Gasteiger partial charge < -0.3 is 10.1 Å². The molecule has 5 atom stereocenters. The Balaban J connectivity index is 1.82. The Morgan fingerprint density at radius 3 is 2.56 bits per heavy atom. The van der Waals surface area contributed by atoms with E-state index in [1.54, 1.807) is 0 Å². The molecule has 0 amide bonds. The summed E-state index contributed by atoms with van der Waals surface area (Å²) < 4.78 is 5.61. The molecule has 5 unspecified atom stereocenters. The molecule has 1 N–H and O–H groups in total. The molecule has 0 spiro atoms. The molecule has 1 saturated heterocycles. The molecule has 0 aromatic carbocycles. The smallest absolute Gasteiger partial charge is 0.0561 e. The van der Waals surface area contributed by atoms with Crippen molar-refractivity contribution in [2.75, 3.05) is 6.61 Å². The molecule has 94 valence electrons. The van der Waals surface area contributed by atoms with Crippen LogP contribution in [-0.4, -0.2) is 24.8 Å². The van der Waals surface area contributed by atoms with Crippen molar-refractivity contribution >= 4 is 0 Å². The van der Waals surface area contributed by atoms with E-state index in [2.05, 4.69) is 26.1 Å². The van der Waals surface area contributed by atoms with E-state index in [9.17, 15) is 0 Å². The van der Waals surface area contributed by atoms with Crippen molar-refractivity contribution in [3.8, 4) is 0 Å². The van der Waals surface area contributed by atoms with Crippen LogP contribution in [0.25, 0.3) is 0 Å². The van der Waals surface area contributed by atoms with Gasteiger partial charge in [0.25, 0.3) is 0 Å². The van der Waals surface area contributed by atoms with Crippen LogP contribution < -0.4 is 5.32 Å². The van der Waals surface area contributed by atoms with E-state index in [4.69, 9.17) is 4.74 Å². The number of ether oxygens (including phenoxy) is 1. The topological polar surface area (TPSA) is 21.3 Å². The maximum atomic E-state index is 5.61. The summed E-state index contributed by atoms with van der Waals surface area (Å²) in [7, 11) is 0. The van der Waals surface area contributed by atoms with Crippen LogP contribution >= 0.6 is 0 Å². The summed E-state index contributed by atoms with van der Waals surface area (Å²) in [6.07, 6.45) is 7.02. The molecule has 2 rings (SSSR count). The van der Waals surface area contributed by atoms with Crippen LogP contribution in [0.5, 0.6) is 0 Å². The number of rotatable bonds is 2. The van der Waals surface area contributed by atoms with Gasteiger partial charge in [-0.25, -0.2) is 0 Å². The van der Waals surface area contributed by atoms with E-state index in [0.717, 1.165) is 24.5 Å². The van der Waals surface area contributed by atoms with E-state index in [-0.39, 0.29) is 0 Å². The highest BCUT2D eigenvalue weighted by atomic mass is 16.5. The second kappa shape index (κ2) is 5.50. The van der Waals surface area contributed by atoms with Crippen LogP contribution in [-0.2, 0) is 4.74 Å². The van der Waals surface area contributed by atoms with Crippen molar-refractivity contribution in [3.63, 3.8) is 0 Å². The minimum atomic E-state index is 0.447. The standard InChI is InChI=1S/C14H27NO/c1-10-4-5-11(2)14(8-10)15-13-6-7-16-12(3)9-13/h10-15H,4-9H2,1-3H3. The van der Waals surface area contributed by atoms with Gasteiger partial charge in [-0.15, -0.1) is 0 Å². The lowest BCUT2D eigenvalue weighted by molar-refractivity contribution is 0.00794. The van der Waals surface area contributed by atoms with Gasteiger partial charge >= 0.3 is 0 Å². The molecule has 0 aromatic rings. The lowest BCUT2D eigenvalue weighted by atomic mass is 9.79. The zero-order chi connectivity index (χ0) is 11.5. The van der Waals surface area contributed by atoms with Crippen molar-refractivity contribution in [1.29, 1.82) is 0 Å². The molecule has 0 aromatic heterocycles. The van der Waals surface area contributed by atoms with E-state index >= 15 is 0 Å². The van der Waals surface area contributed by atoms with Gasteiger partial charge in [-0.1, -0.05) is 20.3 Å². The predicted octanol–water partition coefficient (Wildman–Crippen LogP) is 2.97. The first-order valence-corrected chi connectivity index (χ1v) is 7.02. The Labute approximate surface area is 100 Å². The van der Waals surface area contributed by atoms with Crippen LogP contribution in [0.1, 0.15) is 52.9 Å². The molecule has 2 nitrogen and oxygen atoms in total.